The summed E-state index contributed by atoms with van der Waals surface area (Å²) in [4.78, 5) is 21.2. The molecule has 1 N–H and O–H groups in total. The minimum atomic E-state index is -0.00535. The fourth-order valence-corrected chi connectivity index (χ4v) is 3.35. The molecule has 1 fully saturated rings. The molecule has 1 aromatic carbocycles. The Labute approximate surface area is 143 Å². The summed E-state index contributed by atoms with van der Waals surface area (Å²) in [5.74, 6) is 0.812. The highest BCUT2D eigenvalue weighted by atomic mass is 32.2. The lowest BCUT2D eigenvalue weighted by Gasteiger charge is -2.10. The Kier molecular flexibility index (Phi) is 4.17. The van der Waals surface area contributed by atoms with Crippen LogP contribution in [0.1, 0.15) is 23.2 Å². The third kappa shape index (κ3) is 3.41. The lowest BCUT2D eigenvalue weighted by Crippen LogP contribution is -2.25. The van der Waals surface area contributed by atoms with Gasteiger partial charge in [-0.25, -0.2) is 9.97 Å². The topological polar surface area (TPSA) is 72.7 Å². The van der Waals surface area contributed by atoms with Gasteiger partial charge >= 0.3 is 0 Å². The van der Waals surface area contributed by atoms with E-state index in [4.69, 9.17) is 0 Å². The van der Waals surface area contributed by atoms with E-state index in [1.807, 2.05) is 30.3 Å². The van der Waals surface area contributed by atoms with Crippen LogP contribution in [0.25, 0.3) is 10.9 Å². The number of nitrogens with zero attached hydrogens (tertiary/aromatic N) is 4. The van der Waals surface area contributed by atoms with Crippen molar-refractivity contribution in [3.05, 3.63) is 48.5 Å². The fourth-order valence-electron chi connectivity index (χ4n) is 2.50. The minimum Gasteiger partial charge on any atom is -0.349 e. The largest absolute Gasteiger partial charge is 0.349 e. The van der Waals surface area contributed by atoms with Gasteiger partial charge in [-0.2, -0.15) is 5.10 Å². The summed E-state index contributed by atoms with van der Waals surface area (Å²) in [5.41, 5.74) is 1.56. The van der Waals surface area contributed by atoms with Crippen molar-refractivity contribution in [1.29, 1.82) is 0 Å². The van der Waals surface area contributed by atoms with Crippen molar-refractivity contribution in [2.24, 2.45) is 0 Å². The van der Waals surface area contributed by atoms with E-state index in [0.717, 1.165) is 41.1 Å². The first-order chi connectivity index (χ1) is 11.8. The summed E-state index contributed by atoms with van der Waals surface area (Å²) in [6, 6.07) is 10.0. The van der Waals surface area contributed by atoms with Crippen molar-refractivity contribution >= 4 is 28.6 Å². The Morgan fingerprint density at radius 3 is 3.00 bits per heavy atom. The van der Waals surface area contributed by atoms with E-state index in [1.54, 1.807) is 22.8 Å². The highest BCUT2D eigenvalue weighted by molar-refractivity contribution is 7.99. The van der Waals surface area contributed by atoms with Crippen LogP contribution in [-0.2, 0) is 6.54 Å². The number of para-hydroxylation sites is 1. The number of hydrogen-bond donors (Lipinski definition) is 1. The zero-order valence-electron chi connectivity index (χ0n) is 13.1. The van der Waals surface area contributed by atoms with Gasteiger partial charge in [0.05, 0.1) is 22.7 Å². The van der Waals surface area contributed by atoms with Gasteiger partial charge in [-0.15, -0.1) is 11.8 Å². The van der Waals surface area contributed by atoms with E-state index in [9.17, 15) is 4.79 Å². The predicted molar refractivity (Wildman–Crippen MR) is 93.0 cm³/mol. The molecular formula is C17H17N5OS. The van der Waals surface area contributed by atoms with Crippen LogP contribution in [0.4, 0.5) is 0 Å². The van der Waals surface area contributed by atoms with Crippen LogP contribution in [0.3, 0.4) is 0 Å². The quantitative estimate of drug-likeness (QED) is 0.699. The zero-order chi connectivity index (χ0) is 16.4. The Balaban J connectivity index is 1.57. The van der Waals surface area contributed by atoms with E-state index in [-0.39, 0.29) is 5.91 Å². The fraction of sp³-hybridized carbons (Fsp3) is 0.294. The highest BCUT2D eigenvalue weighted by Crippen LogP contribution is 2.26. The first-order valence-corrected chi connectivity index (χ1v) is 8.94. The van der Waals surface area contributed by atoms with Crippen LogP contribution < -0.4 is 5.32 Å². The van der Waals surface area contributed by atoms with Gasteiger partial charge in [-0.3, -0.25) is 9.48 Å². The monoisotopic (exact) mass is 339 g/mol. The minimum absolute atomic E-state index is 0.00535. The maximum atomic E-state index is 12.6. The van der Waals surface area contributed by atoms with Gasteiger partial charge in [-0.05, 0) is 25.0 Å². The molecule has 3 aromatic rings. The number of pyridine rings is 1. The molecule has 7 heteroatoms. The highest BCUT2D eigenvalue weighted by Gasteiger charge is 2.25. The van der Waals surface area contributed by atoms with Gasteiger partial charge in [0, 0.05) is 17.2 Å². The van der Waals surface area contributed by atoms with Gasteiger partial charge in [0.25, 0.3) is 5.91 Å². The number of benzene rings is 1. The molecule has 24 heavy (non-hydrogen) atoms. The summed E-state index contributed by atoms with van der Waals surface area (Å²) in [5, 5.41) is 8.92. The molecule has 122 valence electrons. The average Bonchev–Trinajstić information content (AvgIpc) is 3.26. The number of amides is 1. The van der Waals surface area contributed by atoms with E-state index in [2.05, 4.69) is 20.4 Å². The molecule has 0 spiro atoms. The van der Waals surface area contributed by atoms with E-state index in [0.29, 0.717) is 11.6 Å². The van der Waals surface area contributed by atoms with Crippen molar-refractivity contribution in [2.45, 2.75) is 30.5 Å². The summed E-state index contributed by atoms with van der Waals surface area (Å²) in [7, 11) is 0. The maximum absolute atomic E-state index is 12.6. The van der Waals surface area contributed by atoms with Crippen molar-refractivity contribution in [3.8, 4) is 0 Å². The SMILES string of the molecule is O=C(NC1CC1)c1cc(SCCn2cncn2)nc2ccccc12. The molecule has 2 heterocycles. The molecule has 0 bridgehead atoms. The van der Waals surface area contributed by atoms with Crippen molar-refractivity contribution in [2.75, 3.05) is 5.75 Å². The molecule has 0 aliphatic heterocycles. The van der Waals surface area contributed by atoms with Crippen LogP contribution in [0, 0.1) is 0 Å². The number of nitrogens with one attached hydrogen (secondary N) is 1. The maximum Gasteiger partial charge on any atom is 0.252 e. The summed E-state index contributed by atoms with van der Waals surface area (Å²) < 4.78 is 1.79. The van der Waals surface area contributed by atoms with Crippen LogP contribution in [0.5, 0.6) is 0 Å². The van der Waals surface area contributed by atoms with Gasteiger partial charge < -0.3 is 5.32 Å². The second kappa shape index (κ2) is 6.60. The van der Waals surface area contributed by atoms with Gasteiger partial charge in [0.15, 0.2) is 0 Å². The number of carbonyl (C=O) groups excluding carboxylic acids is 1. The average molecular weight is 339 g/mol. The van der Waals surface area contributed by atoms with E-state index in [1.165, 1.54) is 6.33 Å². The lowest BCUT2D eigenvalue weighted by molar-refractivity contribution is 0.0952. The van der Waals surface area contributed by atoms with Gasteiger partial charge in [0.2, 0.25) is 0 Å². The van der Waals surface area contributed by atoms with Gasteiger partial charge in [-0.1, -0.05) is 18.2 Å². The summed E-state index contributed by atoms with van der Waals surface area (Å²) in [6.07, 6.45) is 5.38. The molecule has 0 radical (unpaired) electrons. The standard InChI is InChI=1S/C17H17N5OS/c23-17(20-12-5-6-12)14-9-16(21-15-4-2-1-3-13(14)15)24-8-7-22-11-18-10-19-22/h1-4,9-12H,5-8H2,(H,20,23). The molecule has 1 saturated carbocycles. The van der Waals surface area contributed by atoms with E-state index >= 15 is 0 Å². The first-order valence-electron chi connectivity index (χ1n) is 7.95. The Morgan fingerprint density at radius 2 is 2.21 bits per heavy atom. The van der Waals surface area contributed by atoms with Crippen LogP contribution in [0.15, 0.2) is 48.0 Å². The molecule has 1 aliphatic rings. The number of aryl methyl sites for hydroxylation is 1. The molecule has 0 unspecified atom stereocenters. The Hall–Kier alpha value is -2.41. The molecule has 1 amide bonds. The molecular weight excluding hydrogens is 322 g/mol. The number of fused-ring (bicyclic) bond motifs is 1. The normalized spacial score (nSPS) is 14.0. The predicted octanol–water partition coefficient (Wildman–Crippen LogP) is 2.51. The molecule has 1 aliphatic carbocycles. The van der Waals surface area contributed by atoms with Crippen molar-refractivity contribution < 1.29 is 4.79 Å². The summed E-state index contributed by atoms with van der Waals surface area (Å²) >= 11 is 1.62. The van der Waals surface area contributed by atoms with E-state index < -0.39 is 0 Å². The van der Waals surface area contributed by atoms with Crippen LogP contribution in [-0.4, -0.2) is 37.5 Å². The second-order valence-electron chi connectivity index (χ2n) is 5.78. The lowest BCUT2D eigenvalue weighted by atomic mass is 10.1. The Bertz CT molecular complexity index is 861. The molecule has 0 atom stereocenters. The molecule has 2 aromatic heterocycles. The number of carbonyl (C=O) groups is 1. The number of rotatable bonds is 6. The molecule has 4 rings (SSSR count). The number of aromatic nitrogens is 4. The number of hydrogen-bond acceptors (Lipinski definition) is 5. The molecule has 0 saturated heterocycles. The smallest absolute Gasteiger partial charge is 0.252 e. The number of thioether (sulfide) groups is 1. The third-order valence-corrected chi connectivity index (χ3v) is 4.78. The van der Waals surface area contributed by atoms with Gasteiger partial charge in [0.1, 0.15) is 12.7 Å². The summed E-state index contributed by atoms with van der Waals surface area (Å²) in [6.45, 7) is 0.753. The van der Waals surface area contributed by atoms with Crippen LogP contribution in [0.2, 0.25) is 0 Å². The third-order valence-electron chi connectivity index (χ3n) is 3.89. The zero-order valence-corrected chi connectivity index (χ0v) is 13.9. The first kappa shape index (κ1) is 15.1. The van der Waals surface area contributed by atoms with Crippen molar-refractivity contribution in [3.63, 3.8) is 0 Å². The molecule has 6 nitrogen and oxygen atoms in total. The van der Waals surface area contributed by atoms with Crippen molar-refractivity contribution in [1.82, 2.24) is 25.1 Å². The van der Waals surface area contributed by atoms with Crippen LogP contribution >= 0.6 is 11.8 Å². The second-order valence-corrected chi connectivity index (χ2v) is 6.90. The Morgan fingerprint density at radius 1 is 1.33 bits per heavy atom.